The summed E-state index contributed by atoms with van der Waals surface area (Å²) >= 11 is 0. The van der Waals surface area contributed by atoms with Gasteiger partial charge in [-0.3, -0.25) is 9.59 Å². The molecule has 0 aliphatic rings. The van der Waals surface area contributed by atoms with E-state index in [2.05, 4.69) is 5.32 Å². The van der Waals surface area contributed by atoms with E-state index in [0.717, 1.165) is 5.56 Å². The third-order valence-corrected chi connectivity index (χ3v) is 3.78. The minimum absolute atomic E-state index is 0.195. The Bertz CT molecular complexity index is 844. The predicted octanol–water partition coefficient (Wildman–Crippen LogP) is 3.15. The molecule has 2 rings (SSSR count). The first-order chi connectivity index (χ1) is 12.5. The lowest BCUT2D eigenvalue weighted by molar-refractivity contribution is -0.118. The van der Waals surface area contributed by atoms with Crippen molar-refractivity contribution in [3.05, 3.63) is 59.2 Å². The molecule has 0 aromatic heterocycles. The molecule has 2 aromatic carbocycles. The first-order valence-corrected chi connectivity index (χ1v) is 8.09. The van der Waals surface area contributed by atoms with Gasteiger partial charge in [-0.2, -0.15) is 0 Å². The largest absolute Gasteiger partial charge is 0.493 e. The minimum atomic E-state index is -0.541. The standard InChI is InChI=1S/C20H22N2O4/c1-4-6-14-9-10-17(18(11-14)25-3)26-12-19(23)22-16-8-5-7-15(13(16)2)20(21)24/h4-11H,12H2,1-3H3,(H2,21,24)(H,22,23)/b6-4+. The second kappa shape index (κ2) is 8.71. The van der Waals surface area contributed by atoms with Crippen LogP contribution in [0, 0.1) is 6.92 Å². The molecule has 0 aliphatic heterocycles. The fourth-order valence-electron chi connectivity index (χ4n) is 2.47. The summed E-state index contributed by atoms with van der Waals surface area (Å²) in [6, 6.07) is 10.4. The molecule has 0 saturated heterocycles. The van der Waals surface area contributed by atoms with Gasteiger partial charge >= 0.3 is 0 Å². The fourth-order valence-corrected chi connectivity index (χ4v) is 2.47. The minimum Gasteiger partial charge on any atom is -0.493 e. The number of methoxy groups -OCH3 is 1. The number of ether oxygens (including phenoxy) is 2. The monoisotopic (exact) mass is 354 g/mol. The number of nitrogens with two attached hydrogens (primary N) is 1. The SMILES string of the molecule is C/C=C/c1ccc(OCC(=O)Nc2cccc(C(N)=O)c2C)c(OC)c1. The summed E-state index contributed by atoms with van der Waals surface area (Å²) in [6.45, 7) is 3.45. The van der Waals surface area contributed by atoms with Crippen LogP contribution in [0.3, 0.4) is 0 Å². The van der Waals surface area contributed by atoms with Crippen LogP contribution in [-0.2, 0) is 4.79 Å². The molecule has 0 heterocycles. The van der Waals surface area contributed by atoms with Gasteiger partial charge in [-0.1, -0.05) is 24.3 Å². The van der Waals surface area contributed by atoms with Gasteiger partial charge in [0.25, 0.3) is 5.91 Å². The molecule has 2 aromatic rings. The number of anilines is 1. The van der Waals surface area contributed by atoms with Crippen LogP contribution in [-0.4, -0.2) is 25.5 Å². The number of benzene rings is 2. The van der Waals surface area contributed by atoms with Crippen LogP contribution >= 0.6 is 0 Å². The zero-order valence-electron chi connectivity index (χ0n) is 15.0. The zero-order chi connectivity index (χ0) is 19.1. The molecule has 6 heteroatoms. The van der Waals surface area contributed by atoms with Crippen molar-refractivity contribution in [1.82, 2.24) is 0 Å². The molecular weight excluding hydrogens is 332 g/mol. The Labute approximate surface area is 152 Å². The third kappa shape index (κ3) is 4.63. The maximum Gasteiger partial charge on any atom is 0.262 e. The zero-order valence-corrected chi connectivity index (χ0v) is 15.0. The molecule has 2 amide bonds. The number of hydrogen-bond donors (Lipinski definition) is 2. The van der Waals surface area contributed by atoms with E-state index in [1.54, 1.807) is 38.3 Å². The maximum absolute atomic E-state index is 12.2. The highest BCUT2D eigenvalue weighted by molar-refractivity contribution is 5.98. The quantitative estimate of drug-likeness (QED) is 0.799. The summed E-state index contributed by atoms with van der Waals surface area (Å²) in [6.07, 6.45) is 3.86. The van der Waals surface area contributed by atoms with Crippen LogP contribution in [0.4, 0.5) is 5.69 Å². The average molecular weight is 354 g/mol. The van der Waals surface area contributed by atoms with Crippen molar-refractivity contribution in [3.63, 3.8) is 0 Å². The van der Waals surface area contributed by atoms with Gasteiger partial charge in [0.05, 0.1) is 7.11 Å². The van der Waals surface area contributed by atoms with Gasteiger partial charge in [-0.25, -0.2) is 0 Å². The van der Waals surface area contributed by atoms with E-state index in [4.69, 9.17) is 15.2 Å². The maximum atomic E-state index is 12.2. The molecule has 3 N–H and O–H groups in total. The number of primary amides is 1. The van der Waals surface area contributed by atoms with Crippen molar-refractivity contribution >= 4 is 23.6 Å². The number of allylic oxidation sites excluding steroid dienone is 1. The van der Waals surface area contributed by atoms with Crippen LogP contribution < -0.4 is 20.5 Å². The van der Waals surface area contributed by atoms with Gasteiger partial charge in [0.2, 0.25) is 5.91 Å². The first-order valence-electron chi connectivity index (χ1n) is 8.09. The van der Waals surface area contributed by atoms with E-state index in [1.807, 2.05) is 31.2 Å². The molecule has 0 radical (unpaired) electrons. The van der Waals surface area contributed by atoms with E-state index < -0.39 is 5.91 Å². The van der Waals surface area contributed by atoms with Gasteiger partial charge in [-0.05, 0) is 49.2 Å². The number of carbonyl (C=O) groups is 2. The van der Waals surface area contributed by atoms with Crippen molar-refractivity contribution in [1.29, 1.82) is 0 Å². The van der Waals surface area contributed by atoms with Crippen molar-refractivity contribution < 1.29 is 19.1 Å². The molecule has 136 valence electrons. The lowest BCUT2D eigenvalue weighted by atomic mass is 10.1. The van der Waals surface area contributed by atoms with Gasteiger partial charge < -0.3 is 20.5 Å². The molecule has 0 saturated carbocycles. The van der Waals surface area contributed by atoms with Crippen LogP contribution in [0.25, 0.3) is 6.08 Å². The van der Waals surface area contributed by atoms with Crippen LogP contribution in [0.1, 0.15) is 28.4 Å². The Hall–Kier alpha value is -3.28. The van der Waals surface area contributed by atoms with Crippen molar-refractivity contribution in [2.75, 3.05) is 19.0 Å². The van der Waals surface area contributed by atoms with Gasteiger partial charge in [0.15, 0.2) is 18.1 Å². The highest BCUT2D eigenvalue weighted by atomic mass is 16.5. The molecular formula is C20H22N2O4. The highest BCUT2D eigenvalue weighted by Crippen LogP contribution is 2.28. The van der Waals surface area contributed by atoms with E-state index in [1.165, 1.54) is 0 Å². The van der Waals surface area contributed by atoms with E-state index in [0.29, 0.717) is 28.3 Å². The van der Waals surface area contributed by atoms with Crippen molar-refractivity contribution in [2.24, 2.45) is 5.73 Å². The van der Waals surface area contributed by atoms with Crippen LogP contribution in [0.15, 0.2) is 42.5 Å². The van der Waals surface area contributed by atoms with E-state index >= 15 is 0 Å². The highest BCUT2D eigenvalue weighted by Gasteiger charge is 2.12. The molecule has 0 atom stereocenters. The van der Waals surface area contributed by atoms with Crippen LogP contribution in [0.2, 0.25) is 0 Å². The average Bonchev–Trinajstić information content (AvgIpc) is 2.62. The van der Waals surface area contributed by atoms with E-state index in [-0.39, 0.29) is 12.5 Å². The topological polar surface area (TPSA) is 90.6 Å². The van der Waals surface area contributed by atoms with Gasteiger partial charge in [0.1, 0.15) is 0 Å². The molecule has 0 spiro atoms. The summed E-state index contributed by atoms with van der Waals surface area (Å²) < 4.78 is 10.9. The van der Waals surface area contributed by atoms with Gasteiger partial charge in [0, 0.05) is 11.3 Å². The van der Waals surface area contributed by atoms with Crippen molar-refractivity contribution in [3.8, 4) is 11.5 Å². The Morgan fingerprint density at radius 1 is 1.19 bits per heavy atom. The second-order valence-electron chi connectivity index (χ2n) is 5.59. The van der Waals surface area contributed by atoms with Crippen LogP contribution in [0.5, 0.6) is 11.5 Å². The fraction of sp³-hybridized carbons (Fsp3) is 0.200. The smallest absolute Gasteiger partial charge is 0.262 e. The first kappa shape index (κ1) is 19.1. The molecule has 0 fully saturated rings. The Kier molecular flexibility index (Phi) is 6.38. The molecule has 0 aliphatic carbocycles. The summed E-state index contributed by atoms with van der Waals surface area (Å²) in [5, 5.41) is 2.72. The number of rotatable bonds is 7. The summed E-state index contributed by atoms with van der Waals surface area (Å²) in [5.74, 6) is 0.119. The third-order valence-electron chi connectivity index (χ3n) is 3.78. The van der Waals surface area contributed by atoms with Gasteiger partial charge in [-0.15, -0.1) is 0 Å². The second-order valence-corrected chi connectivity index (χ2v) is 5.59. The molecule has 0 unspecified atom stereocenters. The van der Waals surface area contributed by atoms with Crippen molar-refractivity contribution in [2.45, 2.75) is 13.8 Å². The Morgan fingerprint density at radius 2 is 1.96 bits per heavy atom. The summed E-state index contributed by atoms with van der Waals surface area (Å²) in [4.78, 5) is 23.6. The molecule has 26 heavy (non-hydrogen) atoms. The predicted molar refractivity (Wildman–Crippen MR) is 102 cm³/mol. The molecule has 0 bridgehead atoms. The lowest BCUT2D eigenvalue weighted by Gasteiger charge is -2.13. The Morgan fingerprint density at radius 3 is 2.62 bits per heavy atom. The number of hydrogen-bond acceptors (Lipinski definition) is 4. The normalized spacial score (nSPS) is 10.6. The molecule has 6 nitrogen and oxygen atoms in total. The Balaban J connectivity index is 2.06. The summed E-state index contributed by atoms with van der Waals surface area (Å²) in [7, 11) is 1.54. The summed E-state index contributed by atoms with van der Waals surface area (Å²) in [5.41, 5.74) is 7.79. The number of nitrogens with one attached hydrogen (secondary N) is 1. The number of amides is 2. The van der Waals surface area contributed by atoms with E-state index in [9.17, 15) is 9.59 Å². The lowest BCUT2D eigenvalue weighted by Crippen LogP contribution is -2.22. The number of carbonyl (C=O) groups excluding carboxylic acids is 2.